The highest BCUT2D eigenvalue weighted by molar-refractivity contribution is 6.11. The van der Waals surface area contributed by atoms with Crippen LogP contribution in [0.5, 0.6) is 0 Å². The predicted molar refractivity (Wildman–Crippen MR) is 96.5 cm³/mol. The van der Waals surface area contributed by atoms with Crippen LogP contribution in [0.25, 0.3) is 10.8 Å². The number of halogens is 1. The maximum Gasteiger partial charge on any atom is 0.306 e. The fourth-order valence-electron chi connectivity index (χ4n) is 3.03. The molecule has 5 heteroatoms. The highest BCUT2D eigenvalue weighted by atomic mass is 19.1. The van der Waals surface area contributed by atoms with Gasteiger partial charge in [-0.25, -0.2) is 4.39 Å². The summed E-state index contributed by atoms with van der Waals surface area (Å²) in [6.45, 7) is 1.89. The lowest BCUT2D eigenvalue weighted by atomic mass is 9.86. The van der Waals surface area contributed by atoms with Gasteiger partial charge in [0, 0.05) is 17.3 Å². The van der Waals surface area contributed by atoms with E-state index in [-0.39, 0.29) is 24.4 Å². The lowest BCUT2D eigenvalue weighted by Gasteiger charge is -2.17. The Bertz CT molecular complexity index is 949. The largest absolute Gasteiger partial charge is 0.466 e. The fraction of sp³-hybridized carbons (Fsp3) is 0.190. The molecular formula is C21H18FNO3. The SMILES string of the molecule is CCOC(=O)CC(C(=O)c1cccc2ccccc12)c1ccncc1F. The zero-order valence-electron chi connectivity index (χ0n) is 14.3. The highest BCUT2D eigenvalue weighted by Crippen LogP contribution is 2.30. The first-order chi connectivity index (χ1) is 12.6. The molecule has 0 aliphatic rings. The third kappa shape index (κ3) is 3.61. The lowest BCUT2D eigenvalue weighted by molar-refractivity contribution is -0.143. The molecular weight excluding hydrogens is 333 g/mol. The number of nitrogens with zero attached hydrogens (tertiary/aromatic N) is 1. The van der Waals surface area contributed by atoms with Crippen LogP contribution in [0.1, 0.15) is 35.2 Å². The molecule has 3 aromatic rings. The van der Waals surface area contributed by atoms with Crippen molar-refractivity contribution in [2.24, 2.45) is 0 Å². The van der Waals surface area contributed by atoms with Gasteiger partial charge in [0.15, 0.2) is 5.78 Å². The van der Waals surface area contributed by atoms with E-state index in [1.165, 1.54) is 12.3 Å². The number of fused-ring (bicyclic) bond motifs is 1. The smallest absolute Gasteiger partial charge is 0.306 e. The molecule has 26 heavy (non-hydrogen) atoms. The van der Waals surface area contributed by atoms with E-state index in [0.717, 1.165) is 17.0 Å². The Morgan fingerprint density at radius 1 is 1.12 bits per heavy atom. The standard InChI is InChI=1S/C21H18FNO3/c1-2-26-20(24)12-18(16-10-11-23-13-19(16)22)21(25)17-9-5-7-14-6-3-4-8-15(14)17/h3-11,13,18H,2,12H2,1H3. The molecule has 0 spiro atoms. The maximum atomic E-state index is 14.3. The first kappa shape index (κ1) is 17.7. The molecule has 4 nitrogen and oxygen atoms in total. The Hall–Kier alpha value is -3.08. The minimum atomic E-state index is -0.970. The Balaban J connectivity index is 2.07. The number of aromatic nitrogens is 1. The van der Waals surface area contributed by atoms with Gasteiger partial charge in [-0.05, 0) is 23.8 Å². The molecule has 0 bridgehead atoms. The molecule has 1 atom stereocenters. The first-order valence-corrected chi connectivity index (χ1v) is 8.38. The topological polar surface area (TPSA) is 56.3 Å². The van der Waals surface area contributed by atoms with Gasteiger partial charge < -0.3 is 4.74 Å². The quantitative estimate of drug-likeness (QED) is 0.491. The van der Waals surface area contributed by atoms with Crippen LogP contribution in [0.2, 0.25) is 0 Å². The Morgan fingerprint density at radius 3 is 2.65 bits per heavy atom. The summed E-state index contributed by atoms with van der Waals surface area (Å²) in [7, 11) is 0. The summed E-state index contributed by atoms with van der Waals surface area (Å²) in [4.78, 5) is 29.0. The average molecular weight is 351 g/mol. The van der Waals surface area contributed by atoms with Crippen molar-refractivity contribution < 1.29 is 18.7 Å². The summed E-state index contributed by atoms with van der Waals surface area (Å²) in [6, 6.07) is 14.3. The molecule has 0 aliphatic heterocycles. The van der Waals surface area contributed by atoms with Crippen LogP contribution in [0.3, 0.4) is 0 Å². The number of benzene rings is 2. The Morgan fingerprint density at radius 2 is 1.88 bits per heavy atom. The van der Waals surface area contributed by atoms with Gasteiger partial charge in [-0.15, -0.1) is 0 Å². The molecule has 0 saturated carbocycles. The zero-order valence-corrected chi connectivity index (χ0v) is 14.3. The number of hydrogen-bond donors (Lipinski definition) is 0. The molecule has 132 valence electrons. The molecule has 0 N–H and O–H groups in total. The fourth-order valence-corrected chi connectivity index (χ4v) is 3.03. The number of carbonyl (C=O) groups is 2. The normalized spacial score (nSPS) is 11.9. The van der Waals surface area contributed by atoms with Crippen molar-refractivity contribution in [1.29, 1.82) is 0 Å². The van der Waals surface area contributed by atoms with Crippen LogP contribution in [0.4, 0.5) is 4.39 Å². The van der Waals surface area contributed by atoms with E-state index in [9.17, 15) is 14.0 Å². The molecule has 0 saturated heterocycles. The summed E-state index contributed by atoms with van der Waals surface area (Å²) in [5.74, 6) is -2.44. The maximum absolute atomic E-state index is 14.3. The van der Waals surface area contributed by atoms with Crippen molar-refractivity contribution >= 4 is 22.5 Å². The van der Waals surface area contributed by atoms with Crippen molar-refractivity contribution in [3.63, 3.8) is 0 Å². The van der Waals surface area contributed by atoms with E-state index in [0.29, 0.717) is 5.56 Å². The van der Waals surface area contributed by atoms with Gasteiger partial charge in [0.05, 0.1) is 25.1 Å². The van der Waals surface area contributed by atoms with Gasteiger partial charge in [0.25, 0.3) is 0 Å². The third-order valence-corrected chi connectivity index (χ3v) is 4.23. The monoisotopic (exact) mass is 351 g/mol. The van der Waals surface area contributed by atoms with Crippen LogP contribution >= 0.6 is 0 Å². The van der Waals surface area contributed by atoms with Gasteiger partial charge in [-0.3, -0.25) is 14.6 Å². The lowest BCUT2D eigenvalue weighted by Crippen LogP contribution is -2.20. The van der Waals surface area contributed by atoms with E-state index < -0.39 is 17.7 Å². The number of carbonyl (C=O) groups excluding carboxylic acids is 2. The summed E-state index contributed by atoms with van der Waals surface area (Å²) in [5.41, 5.74) is 0.597. The zero-order chi connectivity index (χ0) is 18.5. The molecule has 1 unspecified atom stereocenters. The number of rotatable bonds is 6. The van der Waals surface area contributed by atoms with E-state index >= 15 is 0 Å². The molecule has 0 fully saturated rings. The highest BCUT2D eigenvalue weighted by Gasteiger charge is 2.29. The summed E-state index contributed by atoms with van der Waals surface area (Å²) in [6.07, 6.45) is 2.23. The van der Waals surface area contributed by atoms with Gasteiger partial charge in [0.2, 0.25) is 0 Å². The number of Topliss-reactive ketones (excluding diaryl/α,β-unsaturated/α-hetero) is 1. The molecule has 2 aromatic carbocycles. The third-order valence-electron chi connectivity index (χ3n) is 4.23. The molecule has 1 heterocycles. The number of ketones is 1. The summed E-state index contributed by atoms with van der Waals surface area (Å²) in [5, 5.41) is 1.67. The molecule has 1 aromatic heterocycles. The van der Waals surface area contributed by atoms with Crippen LogP contribution in [-0.4, -0.2) is 23.3 Å². The van der Waals surface area contributed by atoms with E-state index in [4.69, 9.17) is 4.74 Å². The second kappa shape index (κ2) is 7.87. The Labute approximate surface area is 150 Å². The predicted octanol–water partition coefficient (Wildman–Crippen LogP) is 4.29. The number of pyridine rings is 1. The molecule has 0 amide bonds. The number of esters is 1. The van der Waals surface area contributed by atoms with Crippen molar-refractivity contribution in [2.75, 3.05) is 6.61 Å². The van der Waals surface area contributed by atoms with Crippen molar-refractivity contribution in [3.8, 4) is 0 Å². The number of ether oxygens (including phenoxy) is 1. The van der Waals surface area contributed by atoms with E-state index in [2.05, 4.69) is 4.98 Å². The minimum absolute atomic E-state index is 0.144. The Kier molecular flexibility index (Phi) is 5.37. The summed E-state index contributed by atoms with van der Waals surface area (Å²) >= 11 is 0. The minimum Gasteiger partial charge on any atom is -0.466 e. The van der Waals surface area contributed by atoms with Gasteiger partial charge in [-0.1, -0.05) is 42.5 Å². The van der Waals surface area contributed by atoms with Gasteiger partial charge in [0.1, 0.15) is 5.82 Å². The first-order valence-electron chi connectivity index (χ1n) is 8.38. The van der Waals surface area contributed by atoms with Gasteiger partial charge >= 0.3 is 5.97 Å². The van der Waals surface area contributed by atoms with Crippen LogP contribution in [0, 0.1) is 5.82 Å². The van der Waals surface area contributed by atoms with Crippen LogP contribution < -0.4 is 0 Å². The van der Waals surface area contributed by atoms with Crippen molar-refractivity contribution in [2.45, 2.75) is 19.3 Å². The second-order valence-electron chi connectivity index (χ2n) is 5.85. The molecule has 0 radical (unpaired) electrons. The molecule has 0 aliphatic carbocycles. The van der Waals surface area contributed by atoms with E-state index in [1.54, 1.807) is 19.1 Å². The summed E-state index contributed by atoms with van der Waals surface area (Å²) < 4.78 is 19.3. The van der Waals surface area contributed by atoms with Crippen LogP contribution in [-0.2, 0) is 9.53 Å². The number of hydrogen-bond acceptors (Lipinski definition) is 4. The van der Waals surface area contributed by atoms with Crippen LogP contribution in [0.15, 0.2) is 60.9 Å². The van der Waals surface area contributed by atoms with Gasteiger partial charge in [-0.2, -0.15) is 0 Å². The molecule has 3 rings (SSSR count). The van der Waals surface area contributed by atoms with Crippen molar-refractivity contribution in [1.82, 2.24) is 4.98 Å². The van der Waals surface area contributed by atoms with E-state index in [1.807, 2.05) is 30.3 Å². The van der Waals surface area contributed by atoms with Crippen molar-refractivity contribution in [3.05, 3.63) is 77.9 Å². The second-order valence-corrected chi connectivity index (χ2v) is 5.85. The average Bonchev–Trinajstić information content (AvgIpc) is 2.66.